The van der Waals surface area contributed by atoms with E-state index in [0.717, 1.165) is 27.2 Å². The Morgan fingerprint density at radius 3 is 2.65 bits per heavy atom. The Morgan fingerprint density at radius 1 is 1.35 bits per heavy atom. The standard InChI is InChI=1S/C15H20ClN3S/c1-10(2)17-9-12-5-6-14(13(16)8-12)20-15-7-11(3)18-19(15)4/h5-8,10,17H,9H2,1-4H3. The van der Waals surface area contributed by atoms with Crippen molar-refractivity contribution in [2.45, 2.75) is 43.3 Å². The van der Waals surface area contributed by atoms with Gasteiger partial charge in [0.2, 0.25) is 0 Å². The maximum Gasteiger partial charge on any atom is 0.0987 e. The van der Waals surface area contributed by atoms with Crippen molar-refractivity contribution in [2.24, 2.45) is 7.05 Å². The second kappa shape index (κ2) is 6.66. The Morgan fingerprint density at radius 2 is 2.10 bits per heavy atom. The lowest BCUT2D eigenvalue weighted by Gasteiger charge is -2.10. The fourth-order valence-electron chi connectivity index (χ4n) is 1.85. The molecule has 108 valence electrons. The van der Waals surface area contributed by atoms with Gasteiger partial charge in [-0.05, 0) is 30.7 Å². The molecule has 1 aromatic carbocycles. The monoisotopic (exact) mass is 309 g/mol. The first-order chi connectivity index (χ1) is 9.45. The molecule has 0 saturated carbocycles. The molecule has 0 fully saturated rings. The zero-order valence-electron chi connectivity index (χ0n) is 12.3. The second-order valence-corrected chi connectivity index (χ2v) is 6.62. The van der Waals surface area contributed by atoms with Gasteiger partial charge < -0.3 is 5.32 Å². The van der Waals surface area contributed by atoms with E-state index in [0.29, 0.717) is 6.04 Å². The quantitative estimate of drug-likeness (QED) is 0.904. The average Bonchev–Trinajstić information content (AvgIpc) is 2.68. The van der Waals surface area contributed by atoms with Gasteiger partial charge in [-0.25, -0.2) is 0 Å². The molecule has 0 atom stereocenters. The number of nitrogens with zero attached hydrogens (tertiary/aromatic N) is 2. The van der Waals surface area contributed by atoms with E-state index in [-0.39, 0.29) is 0 Å². The van der Waals surface area contributed by atoms with Crippen LogP contribution < -0.4 is 5.32 Å². The Hall–Kier alpha value is -0.970. The van der Waals surface area contributed by atoms with Gasteiger partial charge in [-0.3, -0.25) is 4.68 Å². The maximum absolute atomic E-state index is 6.38. The molecular formula is C15H20ClN3S. The van der Waals surface area contributed by atoms with E-state index in [9.17, 15) is 0 Å². The van der Waals surface area contributed by atoms with Crippen molar-refractivity contribution in [3.05, 3.63) is 40.5 Å². The van der Waals surface area contributed by atoms with Crippen molar-refractivity contribution in [2.75, 3.05) is 0 Å². The summed E-state index contributed by atoms with van der Waals surface area (Å²) in [5, 5.41) is 9.62. The summed E-state index contributed by atoms with van der Waals surface area (Å²) in [4.78, 5) is 1.06. The highest BCUT2D eigenvalue weighted by molar-refractivity contribution is 7.99. The van der Waals surface area contributed by atoms with Gasteiger partial charge in [0, 0.05) is 24.5 Å². The predicted molar refractivity (Wildman–Crippen MR) is 85.5 cm³/mol. The van der Waals surface area contributed by atoms with E-state index in [2.05, 4.69) is 42.5 Å². The van der Waals surface area contributed by atoms with E-state index >= 15 is 0 Å². The number of rotatable bonds is 5. The lowest BCUT2D eigenvalue weighted by molar-refractivity contribution is 0.588. The summed E-state index contributed by atoms with van der Waals surface area (Å²) in [6.07, 6.45) is 0. The van der Waals surface area contributed by atoms with Crippen LogP contribution in [0.1, 0.15) is 25.1 Å². The van der Waals surface area contributed by atoms with Crippen LogP contribution in [0.2, 0.25) is 5.02 Å². The van der Waals surface area contributed by atoms with Crippen LogP contribution in [0.25, 0.3) is 0 Å². The van der Waals surface area contributed by atoms with Crippen LogP contribution in [0.4, 0.5) is 0 Å². The van der Waals surface area contributed by atoms with E-state index in [1.54, 1.807) is 11.8 Å². The van der Waals surface area contributed by atoms with Crippen LogP contribution in [0.3, 0.4) is 0 Å². The molecular weight excluding hydrogens is 290 g/mol. The molecule has 0 amide bonds. The summed E-state index contributed by atoms with van der Waals surface area (Å²) >= 11 is 8.02. The number of aromatic nitrogens is 2. The van der Waals surface area contributed by atoms with Gasteiger partial charge in [0.05, 0.1) is 15.7 Å². The molecule has 20 heavy (non-hydrogen) atoms. The summed E-state index contributed by atoms with van der Waals surface area (Å²) in [7, 11) is 1.95. The highest BCUT2D eigenvalue weighted by Gasteiger charge is 2.08. The van der Waals surface area contributed by atoms with Gasteiger partial charge in [0.15, 0.2) is 0 Å². The third-order valence-electron chi connectivity index (χ3n) is 2.88. The first-order valence-corrected chi connectivity index (χ1v) is 7.85. The van der Waals surface area contributed by atoms with Gasteiger partial charge in [-0.15, -0.1) is 0 Å². The minimum absolute atomic E-state index is 0.472. The van der Waals surface area contributed by atoms with Gasteiger partial charge in [-0.1, -0.05) is 43.3 Å². The summed E-state index contributed by atoms with van der Waals surface area (Å²) in [5.74, 6) is 0. The number of aryl methyl sites for hydroxylation is 2. The highest BCUT2D eigenvalue weighted by Crippen LogP contribution is 2.33. The minimum Gasteiger partial charge on any atom is -0.310 e. The van der Waals surface area contributed by atoms with Gasteiger partial charge >= 0.3 is 0 Å². The van der Waals surface area contributed by atoms with Gasteiger partial charge in [-0.2, -0.15) is 5.10 Å². The van der Waals surface area contributed by atoms with Gasteiger partial charge in [0.25, 0.3) is 0 Å². The van der Waals surface area contributed by atoms with E-state index < -0.39 is 0 Å². The first kappa shape index (κ1) is 15.4. The molecule has 3 nitrogen and oxygen atoms in total. The molecule has 1 aromatic heterocycles. The van der Waals surface area contributed by atoms with Crippen LogP contribution in [0.5, 0.6) is 0 Å². The molecule has 2 aromatic rings. The maximum atomic E-state index is 6.38. The fraction of sp³-hybridized carbons (Fsp3) is 0.400. The highest BCUT2D eigenvalue weighted by atomic mass is 35.5. The van der Waals surface area contributed by atoms with Crippen molar-refractivity contribution in [1.29, 1.82) is 0 Å². The third kappa shape index (κ3) is 4.01. The molecule has 0 saturated heterocycles. The van der Waals surface area contributed by atoms with Crippen molar-refractivity contribution >= 4 is 23.4 Å². The molecule has 1 heterocycles. The SMILES string of the molecule is Cc1cc(Sc2ccc(CNC(C)C)cc2Cl)n(C)n1. The van der Waals surface area contributed by atoms with Crippen molar-refractivity contribution in [3.63, 3.8) is 0 Å². The Bertz CT molecular complexity index is 593. The topological polar surface area (TPSA) is 29.9 Å². The van der Waals surface area contributed by atoms with E-state index in [4.69, 9.17) is 11.6 Å². The number of nitrogens with one attached hydrogen (secondary N) is 1. The zero-order chi connectivity index (χ0) is 14.7. The molecule has 0 unspecified atom stereocenters. The molecule has 0 aliphatic heterocycles. The van der Waals surface area contributed by atoms with Crippen LogP contribution in [-0.2, 0) is 13.6 Å². The Balaban J connectivity index is 2.11. The molecule has 0 aliphatic rings. The first-order valence-electron chi connectivity index (χ1n) is 6.66. The number of hydrogen-bond donors (Lipinski definition) is 1. The molecule has 0 radical (unpaired) electrons. The average molecular weight is 310 g/mol. The number of hydrogen-bond acceptors (Lipinski definition) is 3. The van der Waals surface area contributed by atoms with Crippen LogP contribution in [0.15, 0.2) is 34.2 Å². The summed E-state index contributed by atoms with van der Waals surface area (Å²) in [6, 6.07) is 8.76. The summed E-state index contributed by atoms with van der Waals surface area (Å²) in [6.45, 7) is 7.10. The largest absolute Gasteiger partial charge is 0.310 e. The molecule has 5 heteroatoms. The molecule has 0 aliphatic carbocycles. The lowest BCUT2D eigenvalue weighted by atomic mass is 10.2. The van der Waals surface area contributed by atoms with Crippen LogP contribution in [0, 0.1) is 6.92 Å². The van der Waals surface area contributed by atoms with Crippen LogP contribution in [-0.4, -0.2) is 15.8 Å². The number of benzene rings is 1. The van der Waals surface area contributed by atoms with E-state index in [1.807, 2.05) is 24.7 Å². The van der Waals surface area contributed by atoms with Crippen molar-refractivity contribution in [1.82, 2.24) is 15.1 Å². The minimum atomic E-state index is 0.472. The second-order valence-electron chi connectivity index (χ2n) is 5.15. The van der Waals surface area contributed by atoms with E-state index in [1.165, 1.54) is 5.56 Å². The van der Waals surface area contributed by atoms with Crippen LogP contribution >= 0.6 is 23.4 Å². The summed E-state index contributed by atoms with van der Waals surface area (Å²) < 4.78 is 1.88. The smallest absolute Gasteiger partial charge is 0.0987 e. The van der Waals surface area contributed by atoms with Crippen molar-refractivity contribution in [3.8, 4) is 0 Å². The Kier molecular flexibility index (Phi) is 5.13. The normalized spacial score (nSPS) is 11.3. The predicted octanol–water partition coefficient (Wildman–Crippen LogP) is 4.03. The molecule has 0 bridgehead atoms. The summed E-state index contributed by atoms with van der Waals surface area (Å²) in [5.41, 5.74) is 2.22. The molecule has 1 N–H and O–H groups in total. The lowest BCUT2D eigenvalue weighted by Crippen LogP contribution is -2.21. The molecule has 2 rings (SSSR count). The Labute approximate surface area is 129 Å². The third-order valence-corrected chi connectivity index (χ3v) is 4.48. The molecule has 0 spiro atoms. The number of halogens is 1. The van der Waals surface area contributed by atoms with Crippen molar-refractivity contribution < 1.29 is 0 Å². The van der Waals surface area contributed by atoms with Gasteiger partial charge in [0.1, 0.15) is 0 Å². The zero-order valence-corrected chi connectivity index (χ0v) is 13.8. The fourth-order valence-corrected chi connectivity index (χ4v) is 3.09.